The zero-order valence-electron chi connectivity index (χ0n) is 16.1. The van der Waals surface area contributed by atoms with Crippen molar-refractivity contribution in [2.24, 2.45) is 4.99 Å². The number of guanidine groups is 1. The number of carbonyl (C=O) groups is 1. The van der Waals surface area contributed by atoms with Crippen molar-refractivity contribution in [3.8, 4) is 0 Å². The first-order valence-electron chi connectivity index (χ1n) is 8.78. The Labute approximate surface area is 181 Å². The van der Waals surface area contributed by atoms with Gasteiger partial charge in [0.1, 0.15) is 9.88 Å². The molecule has 0 radical (unpaired) electrons. The summed E-state index contributed by atoms with van der Waals surface area (Å²) in [6, 6.07) is 10.0. The number of aliphatic imine (C=N–C) groups is 1. The van der Waals surface area contributed by atoms with Crippen molar-refractivity contribution in [1.29, 1.82) is 0 Å². The highest BCUT2D eigenvalue weighted by Crippen LogP contribution is 2.24. The number of nitrogens with zero attached hydrogens (tertiary/aromatic N) is 2. The van der Waals surface area contributed by atoms with Gasteiger partial charge < -0.3 is 15.4 Å². The van der Waals surface area contributed by atoms with Crippen LogP contribution in [0, 0.1) is 6.92 Å². The van der Waals surface area contributed by atoms with Crippen LogP contribution in [0.5, 0.6) is 0 Å². The minimum atomic E-state index is -0.314. The Kier molecular flexibility index (Phi) is 10.3. The van der Waals surface area contributed by atoms with Crippen molar-refractivity contribution < 1.29 is 9.53 Å². The Hall–Kier alpha value is -1.68. The van der Waals surface area contributed by atoms with Crippen LogP contribution in [0.25, 0.3) is 0 Å². The molecule has 8 heteroatoms. The molecule has 0 aliphatic carbocycles. The summed E-state index contributed by atoms with van der Waals surface area (Å²) >= 11 is 1.36. The third-order valence-electron chi connectivity index (χ3n) is 3.60. The van der Waals surface area contributed by atoms with E-state index in [0.717, 1.165) is 23.1 Å². The Morgan fingerprint density at radius 2 is 2.00 bits per heavy atom. The predicted octanol–water partition coefficient (Wildman–Crippen LogP) is 4.06. The van der Waals surface area contributed by atoms with E-state index in [-0.39, 0.29) is 36.0 Å². The molecule has 6 nitrogen and oxygen atoms in total. The Balaban J connectivity index is 0.00000364. The summed E-state index contributed by atoms with van der Waals surface area (Å²) in [5.41, 5.74) is 1.84. The molecule has 0 aliphatic heterocycles. The van der Waals surface area contributed by atoms with E-state index < -0.39 is 0 Å². The van der Waals surface area contributed by atoms with Gasteiger partial charge in [0.05, 0.1) is 24.9 Å². The maximum Gasteiger partial charge on any atom is 0.350 e. The number of hydrogen-bond donors (Lipinski definition) is 2. The molecule has 2 N–H and O–H groups in total. The third kappa shape index (κ3) is 7.10. The van der Waals surface area contributed by atoms with Gasteiger partial charge in [-0.15, -0.1) is 35.3 Å². The van der Waals surface area contributed by atoms with E-state index in [0.29, 0.717) is 23.7 Å². The van der Waals surface area contributed by atoms with Crippen LogP contribution in [0.1, 0.15) is 52.7 Å². The summed E-state index contributed by atoms with van der Waals surface area (Å²) in [5, 5.41) is 7.42. The fraction of sp³-hybridized carbons (Fsp3) is 0.421. The van der Waals surface area contributed by atoms with E-state index in [2.05, 4.69) is 20.6 Å². The van der Waals surface area contributed by atoms with Gasteiger partial charge in [0, 0.05) is 6.54 Å². The summed E-state index contributed by atoms with van der Waals surface area (Å²) in [4.78, 5) is 21.7. The van der Waals surface area contributed by atoms with E-state index in [4.69, 9.17) is 4.74 Å². The predicted molar refractivity (Wildman–Crippen MR) is 121 cm³/mol. The van der Waals surface area contributed by atoms with Gasteiger partial charge in [-0.2, -0.15) is 0 Å². The molecule has 1 atom stereocenters. The molecule has 1 aromatic heterocycles. The van der Waals surface area contributed by atoms with Crippen molar-refractivity contribution in [1.82, 2.24) is 15.6 Å². The number of benzene rings is 1. The number of aromatic nitrogens is 1. The lowest BCUT2D eigenvalue weighted by atomic mass is 10.2. The van der Waals surface area contributed by atoms with E-state index in [1.807, 2.05) is 51.1 Å². The average Bonchev–Trinajstić information content (AvgIpc) is 3.03. The van der Waals surface area contributed by atoms with Crippen LogP contribution in [-0.4, -0.2) is 30.1 Å². The van der Waals surface area contributed by atoms with Gasteiger partial charge in [0.2, 0.25) is 0 Å². The second-order valence-corrected chi connectivity index (χ2v) is 6.76. The molecule has 1 heterocycles. The number of esters is 1. The minimum Gasteiger partial charge on any atom is -0.462 e. The normalized spacial score (nSPS) is 12.1. The molecule has 2 rings (SSSR count). The SMILES string of the molecule is CCNC(=NCc1ccccc1)NC(C)c1nc(C)c(C(=O)OCC)s1.I. The van der Waals surface area contributed by atoms with E-state index in [9.17, 15) is 4.79 Å². The van der Waals surface area contributed by atoms with Crippen LogP contribution in [0.3, 0.4) is 0 Å². The number of rotatable bonds is 7. The van der Waals surface area contributed by atoms with Gasteiger partial charge >= 0.3 is 5.97 Å². The molecule has 1 aromatic carbocycles. The zero-order valence-corrected chi connectivity index (χ0v) is 19.3. The van der Waals surface area contributed by atoms with E-state index >= 15 is 0 Å². The van der Waals surface area contributed by atoms with Crippen LogP contribution >= 0.6 is 35.3 Å². The standard InChI is InChI=1S/C19H26N4O2S.HI/c1-5-20-19(21-12-15-10-8-7-9-11-15)23-14(4)17-22-13(3)16(26-17)18(24)25-6-2;/h7-11,14H,5-6,12H2,1-4H3,(H2,20,21,23);1H. The van der Waals surface area contributed by atoms with E-state index in [1.54, 1.807) is 6.92 Å². The summed E-state index contributed by atoms with van der Waals surface area (Å²) in [6.07, 6.45) is 0. The molecular weight excluding hydrogens is 475 g/mol. The lowest BCUT2D eigenvalue weighted by Gasteiger charge is -2.16. The summed E-state index contributed by atoms with van der Waals surface area (Å²) in [6.45, 7) is 9.36. The molecule has 0 fully saturated rings. The molecular formula is C19H27IN4O2S. The second kappa shape index (κ2) is 11.9. The van der Waals surface area contributed by atoms with Crippen molar-refractivity contribution in [3.05, 3.63) is 51.5 Å². The van der Waals surface area contributed by atoms with Gasteiger partial charge in [-0.3, -0.25) is 0 Å². The topological polar surface area (TPSA) is 75.6 Å². The molecule has 0 saturated carbocycles. The minimum absolute atomic E-state index is 0. The number of hydrogen-bond acceptors (Lipinski definition) is 5. The zero-order chi connectivity index (χ0) is 18.9. The lowest BCUT2D eigenvalue weighted by molar-refractivity contribution is 0.0531. The molecule has 2 aromatic rings. The quantitative estimate of drug-likeness (QED) is 0.259. The van der Waals surface area contributed by atoms with Crippen LogP contribution in [0.15, 0.2) is 35.3 Å². The molecule has 0 amide bonds. The third-order valence-corrected chi connectivity index (χ3v) is 4.92. The molecule has 0 aliphatic rings. The first-order chi connectivity index (χ1) is 12.5. The Bertz CT molecular complexity index is 749. The highest BCUT2D eigenvalue weighted by atomic mass is 127. The van der Waals surface area contributed by atoms with E-state index in [1.165, 1.54) is 11.3 Å². The van der Waals surface area contributed by atoms with Crippen LogP contribution in [0.4, 0.5) is 0 Å². The molecule has 0 bridgehead atoms. The van der Waals surface area contributed by atoms with Gasteiger partial charge in [-0.05, 0) is 33.3 Å². The fourth-order valence-electron chi connectivity index (χ4n) is 2.33. The molecule has 1 unspecified atom stereocenters. The van der Waals surface area contributed by atoms with Crippen molar-refractivity contribution in [2.45, 2.75) is 40.3 Å². The highest BCUT2D eigenvalue weighted by Gasteiger charge is 2.20. The summed E-state index contributed by atoms with van der Waals surface area (Å²) < 4.78 is 5.08. The molecule has 0 spiro atoms. The number of thiazole rings is 1. The smallest absolute Gasteiger partial charge is 0.350 e. The number of carbonyl (C=O) groups excluding carboxylic acids is 1. The number of halogens is 1. The highest BCUT2D eigenvalue weighted by molar-refractivity contribution is 14.0. The molecule has 148 valence electrons. The monoisotopic (exact) mass is 502 g/mol. The maximum absolute atomic E-state index is 12.0. The summed E-state index contributed by atoms with van der Waals surface area (Å²) in [7, 11) is 0. The van der Waals surface area contributed by atoms with Crippen molar-refractivity contribution >= 4 is 47.2 Å². The second-order valence-electron chi connectivity index (χ2n) is 5.73. The van der Waals surface area contributed by atoms with Crippen LogP contribution < -0.4 is 10.6 Å². The van der Waals surface area contributed by atoms with Crippen LogP contribution in [-0.2, 0) is 11.3 Å². The maximum atomic E-state index is 12.0. The average molecular weight is 502 g/mol. The largest absolute Gasteiger partial charge is 0.462 e. The number of ether oxygens (including phenoxy) is 1. The first-order valence-corrected chi connectivity index (χ1v) is 9.60. The Morgan fingerprint density at radius 3 is 2.63 bits per heavy atom. The van der Waals surface area contributed by atoms with Gasteiger partial charge in [-0.25, -0.2) is 14.8 Å². The first kappa shape index (κ1) is 23.4. The lowest BCUT2D eigenvalue weighted by Crippen LogP contribution is -2.38. The summed E-state index contributed by atoms with van der Waals surface area (Å²) in [5.74, 6) is 0.403. The van der Waals surface area contributed by atoms with Crippen LogP contribution in [0.2, 0.25) is 0 Å². The Morgan fingerprint density at radius 1 is 1.30 bits per heavy atom. The van der Waals surface area contributed by atoms with Crippen molar-refractivity contribution in [2.75, 3.05) is 13.2 Å². The van der Waals surface area contributed by atoms with Crippen molar-refractivity contribution in [3.63, 3.8) is 0 Å². The molecule has 0 saturated heterocycles. The number of aryl methyl sites for hydroxylation is 1. The molecule has 27 heavy (non-hydrogen) atoms. The van der Waals surface area contributed by atoms with Gasteiger partial charge in [0.15, 0.2) is 5.96 Å². The number of nitrogens with one attached hydrogen (secondary N) is 2. The fourth-order valence-corrected chi connectivity index (χ4v) is 3.29. The van der Waals surface area contributed by atoms with Gasteiger partial charge in [-0.1, -0.05) is 30.3 Å². The van der Waals surface area contributed by atoms with Gasteiger partial charge in [0.25, 0.3) is 0 Å².